The van der Waals surface area contributed by atoms with Crippen LogP contribution in [0.4, 0.5) is 11.4 Å². The molecule has 1 N–H and O–H groups in total. The SMILES string of the molecule is CC1(C)CCC(C)(C)c2cc(Nc3ccccc3-c3cc(-c4ccccc4)c4c5cc(-c6ccccc6)ccc5n5c4c3[B]c3cc4oc(-c6ccccc6)c(-c6ccccc6)c4cc3-5)ccc21. The van der Waals surface area contributed by atoms with Crippen LogP contribution >= 0.6 is 0 Å². The minimum absolute atomic E-state index is 0.0983. The van der Waals surface area contributed by atoms with Crippen molar-refractivity contribution in [2.45, 2.75) is 51.4 Å². The van der Waals surface area contributed by atoms with Gasteiger partial charge in [0.1, 0.15) is 11.3 Å². The van der Waals surface area contributed by atoms with Crippen molar-refractivity contribution >= 4 is 62.4 Å². The second-order valence-corrected chi connectivity index (χ2v) is 20.2. The Balaban J connectivity index is 1.10. The van der Waals surface area contributed by atoms with Crippen LogP contribution in [0.5, 0.6) is 0 Å². The minimum Gasteiger partial charge on any atom is -0.455 e. The molecular formula is C64H50BN2O. The van der Waals surface area contributed by atoms with Gasteiger partial charge in [0.15, 0.2) is 7.28 Å². The zero-order valence-electron chi connectivity index (χ0n) is 38.9. The van der Waals surface area contributed by atoms with Gasteiger partial charge >= 0.3 is 0 Å². The highest BCUT2D eigenvalue weighted by molar-refractivity contribution is 6.74. The molecule has 0 fully saturated rings. The van der Waals surface area contributed by atoms with Gasteiger partial charge in [0.05, 0.1) is 5.52 Å². The number of hydrogen-bond acceptors (Lipinski definition) is 2. The first-order chi connectivity index (χ1) is 33.2. The number of benzene rings is 9. The van der Waals surface area contributed by atoms with Crippen molar-refractivity contribution in [1.82, 2.24) is 4.57 Å². The molecule has 1 radical (unpaired) electrons. The van der Waals surface area contributed by atoms with Crippen molar-refractivity contribution < 1.29 is 4.42 Å². The van der Waals surface area contributed by atoms with Crippen LogP contribution < -0.4 is 16.2 Å². The van der Waals surface area contributed by atoms with Gasteiger partial charge in [0, 0.05) is 55.4 Å². The summed E-state index contributed by atoms with van der Waals surface area (Å²) < 4.78 is 9.55. The standard InChI is InChI=1S/C64H50BN2O/c1-63(2)33-34-64(3,4)52-36-45(30-31-51(52)63)66-54-28-18-17-27-46(54)48-37-47(41-21-11-6-12-22-41)59-49-35-44(40-19-9-5-10-20-40)29-32-55(49)67-56-38-50-57(39-53(56)65-60(48)61(59)67)68-62(43-25-15-8-16-26-43)58(50)42-23-13-7-14-24-42/h5-32,35-39,66H,33-34H2,1-4H3. The lowest BCUT2D eigenvalue weighted by Gasteiger charge is -2.42. The first kappa shape index (κ1) is 40.5. The molecule has 0 spiro atoms. The summed E-state index contributed by atoms with van der Waals surface area (Å²) in [5, 5.41) is 7.54. The maximum Gasteiger partial charge on any atom is 0.198 e. The van der Waals surface area contributed by atoms with Crippen molar-refractivity contribution in [2.24, 2.45) is 0 Å². The Bertz CT molecular complexity index is 3770. The fourth-order valence-electron chi connectivity index (χ4n) is 11.5. The molecule has 0 saturated carbocycles. The van der Waals surface area contributed by atoms with Gasteiger partial charge in [-0.05, 0) is 122 Å². The molecule has 0 atom stereocenters. The Morgan fingerprint density at radius 1 is 0.500 bits per heavy atom. The fraction of sp³-hybridized carbons (Fsp3) is 0.125. The molecule has 325 valence electrons. The van der Waals surface area contributed by atoms with Gasteiger partial charge in [0.25, 0.3) is 0 Å². The molecule has 9 aromatic carbocycles. The number of fused-ring (bicyclic) bond motifs is 7. The van der Waals surface area contributed by atoms with E-state index in [2.05, 4.69) is 245 Å². The van der Waals surface area contributed by atoms with Crippen molar-refractivity contribution in [3.8, 4) is 61.5 Å². The number of aromatic nitrogens is 1. The van der Waals surface area contributed by atoms with E-state index in [0.717, 1.165) is 61.5 Å². The lowest BCUT2D eigenvalue weighted by Crippen LogP contribution is -2.37. The first-order valence-corrected chi connectivity index (χ1v) is 24.0. The molecule has 0 unspecified atom stereocenters. The zero-order chi connectivity index (χ0) is 45.7. The largest absolute Gasteiger partial charge is 0.455 e. The fourth-order valence-corrected chi connectivity index (χ4v) is 11.5. The number of furan rings is 1. The Kier molecular flexibility index (Phi) is 9.14. The van der Waals surface area contributed by atoms with E-state index >= 15 is 0 Å². The van der Waals surface area contributed by atoms with Crippen molar-refractivity contribution in [3.63, 3.8) is 0 Å². The molecule has 1 aliphatic carbocycles. The summed E-state index contributed by atoms with van der Waals surface area (Å²) in [4.78, 5) is 0. The van der Waals surface area contributed by atoms with Crippen molar-refractivity contribution in [2.75, 3.05) is 5.32 Å². The average molecular weight is 874 g/mol. The van der Waals surface area contributed by atoms with Crippen LogP contribution in [0.1, 0.15) is 51.7 Å². The van der Waals surface area contributed by atoms with E-state index in [-0.39, 0.29) is 10.8 Å². The van der Waals surface area contributed by atoms with E-state index in [1.807, 2.05) is 0 Å². The zero-order valence-corrected chi connectivity index (χ0v) is 38.9. The lowest BCUT2D eigenvalue weighted by molar-refractivity contribution is 0.332. The summed E-state index contributed by atoms with van der Waals surface area (Å²) in [5.41, 5.74) is 22.4. The third kappa shape index (κ3) is 6.42. The van der Waals surface area contributed by atoms with Crippen LogP contribution in [0.25, 0.3) is 94.3 Å². The molecule has 3 heterocycles. The Morgan fingerprint density at radius 2 is 1.13 bits per heavy atom. The van der Waals surface area contributed by atoms with Gasteiger partial charge in [0.2, 0.25) is 0 Å². The van der Waals surface area contributed by atoms with E-state index in [0.29, 0.717) is 0 Å². The quantitative estimate of drug-likeness (QED) is 0.162. The molecule has 1 aliphatic heterocycles. The summed E-state index contributed by atoms with van der Waals surface area (Å²) in [6, 6.07) is 73.1. The molecule has 0 saturated heterocycles. The van der Waals surface area contributed by atoms with E-state index in [4.69, 9.17) is 4.42 Å². The lowest BCUT2D eigenvalue weighted by atomic mass is 9.58. The highest BCUT2D eigenvalue weighted by Gasteiger charge is 2.37. The molecule has 11 aromatic rings. The van der Waals surface area contributed by atoms with Gasteiger partial charge in [-0.2, -0.15) is 0 Å². The molecule has 4 heteroatoms. The number of nitrogens with zero attached hydrogens (tertiary/aromatic N) is 1. The van der Waals surface area contributed by atoms with Crippen LogP contribution in [-0.2, 0) is 10.8 Å². The Morgan fingerprint density at radius 3 is 1.85 bits per heavy atom. The summed E-state index contributed by atoms with van der Waals surface area (Å²) in [5.74, 6) is 0.878. The van der Waals surface area contributed by atoms with Gasteiger partial charge < -0.3 is 14.3 Å². The predicted octanol–water partition coefficient (Wildman–Crippen LogP) is 15.9. The molecule has 13 rings (SSSR count). The molecule has 2 aromatic heterocycles. The molecular weight excluding hydrogens is 824 g/mol. The third-order valence-electron chi connectivity index (χ3n) is 15.1. The first-order valence-electron chi connectivity index (χ1n) is 24.0. The normalized spacial score (nSPS) is 14.4. The summed E-state index contributed by atoms with van der Waals surface area (Å²) in [6.07, 6.45) is 2.36. The van der Waals surface area contributed by atoms with Crippen LogP contribution in [-0.4, -0.2) is 11.8 Å². The van der Waals surface area contributed by atoms with E-state index in [9.17, 15) is 0 Å². The van der Waals surface area contributed by atoms with Crippen LogP contribution in [0, 0.1) is 0 Å². The van der Waals surface area contributed by atoms with Crippen LogP contribution in [0.2, 0.25) is 0 Å². The molecule has 0 amide bonds. The van der Waals surface area contributed by atoms with Gasteiger partial charge in [-0.3, -0.25) is 0 Å². The Hall–Kier alpha value is -7.82. The van der Waals surface area contributed by atoms with E-state index in [1.54, 1.807) is 0 Å². The smallest absolute Gasteiger partial charge is 0.198 e. The highest BCUT2D eigenvalue weighted by Crippen LogP contribution is 2.49. The number of rotatable bonds is 7. The summed E-state index contributed by atoms with van der Waals surface area (Å²) >= 11 is 0. The van der Waals surface area contributed by atoms with Crippen LogP contribution in [0.15, 0.2) is 205 Å². The average Bonchev–Trinajstić information content (AvgIpc) is 3.93. The summed E-state index contributed by atoms with van der Waals surface area (Å²) in [7, 11) is 2.42. The second kappa shape index (κ2) is 15.4. The molecule has 3 nitrogen and oxygen atoms in total. The van der Waals surface area contributed by atoms with Crippen molar-refractivity contribution in [3.05, 3.63) is 211 Å². The van der Waals surface area contributed by atoms with Gasteiger partial charge in [-0.1, -0.05) is 185 Å². The molecule has 0 bridgehead atoms. The van der Waals surface area contributed by atoms with Gasteiger partial charge in [-0.15, -0.1) is 0 Å². The number of anilines is 2. The molecule has 68 heavy (non-hydrogen) atoms. The number of hydrogen-bond donors (Lipinski definition) is 1. The predicted molar refractivity (Wildman–Crippen MR) is 288 cm³/mol. The highest BCUT2D eigenvalue weighted by atomic mass is 16.3. The minimum atomic E-state index is 0.0983. The monoisotopic (exact) mass is 873 g/mol. The van der Waals surface area contributed by atoms with E-state index < -0.39 is 0 Å². The third-order valence-corrected chi connectivity index (χ3v) is 15.1. The van der Waals surface area contributed by atoms with Crippen molar-refractivity contribution in [1.29, 1.82) is 0 Å². The van der Waals surface area contributed by atoms with E-state index in [1.165, 1.54) is 79.1 Å². The Labute approximate surface area is 399 Å². The summed E-state index contributed by atoms with van der Waals surface area (Å²) in [6.45, 7) is 9.60. The topological polar surface area (TPSA) is 30.1 Å². The van der Waals surface area contributed by atoms with Gasteiger partial charge in [-0.25, -0.2) is 0 Å². The number of nitrogens with one attached hydrogen (secondary N) is 1. The number of para-hydroxylation sites is 1. The maximum atomic E-state index is 7.01. The maximum absolute atomic E-state index is 7.01. The second-order valence-electron chi connectivity index (χ2n) is 20.2. The van der Waals surface area contributed by atoms with Crippen LogP contribution in [0.3, 0.4) is 0 Å². The molecule has 2 aliphatic rings.